The first kappa shape index (κ1) is 22.5. The Morgan fingerprint density at radius 1 is 1.28 bits per heavy atom. The van der Waals surface area contributed by atoms with Gasteiger partial charge in [0, 0.05) is 48.0 Å². The second-order valence-corrected chi connectivity index (χ2v) is 10.8. The minimum Gasteiger partial charge on any atom is -0.334 e. The van der Waals surface area contributed by atoms with E-state index in [1.165, 1.54) is 11.1 Å². The van der Waals surface area contributed by atoms with Gasteiger partial charge in [0.15, 0.2) is 0 Å². The number of allylic oxidation sites excluding steroid dienone is 1. The van der Waals surface area contributed by atoms with E-state index in [0.717, 1.165) is 25.7 Å². The van der Waals surface area contributed by atoms with Crippen molar-refractivity contribution in [1.82, 2.24) is 24.1 Å². The second-order valence-electron chi connectivity index (χ2n) is 7.13. The Bertz CT molecular complexity index is 1270. The lowest BCUT2D eigenvalue weighted by molar-refractivity contribution is -0.138. The molecule has 1 saturated heterocycles. The molecular weight excluding hydrogens is 474 g/mol. The molecule has 1 fully saturated rings. The quantitative estimate of drug-likeness (QED) is 0.541. The third-order valence-electron chi connectivity index (χ3n) is 4.91. The molecule has 2 aromatic heterocycles. The molecular formula is C20H20ClN5O4S2. The molecule has 0 radical (unpaired) electrons. The van der Waals surface area contributed by atoms with Crippen molar-refractivity contribution in [2.75, 3.05) is 26.2 Å². The molecule has 2 amide bonds. The van der Waals surface area contributed by atoms with E-state index in [-0.39, 0.29) is 36.3 Å². The van der Waals surface area contributed by atoms with Gasteiger partial charge in [0.05, 0.1) is 19.4 Å². The Labute approximate surface area is 193 Å². The Balaban J connectivity index is 1.33. The Hall–Kier alpha value is -2.73. The van der Waals surface area contributed by atoms with Gasteiger partial charge in [0.25, 0.3) is 10.0 Å². The molecule has 0 aliphatic carbocycles. The summed E-state index contributed by atoms with van der Waals surface area (Å²) in [6.45, 7) is 0.373. The van der Waals surface area contributed by atoms with Crippen molar-refractivity contribution < 1.29 is 18.0 Å². The minimum absolute atomic E-state index is 0.118. The molecule has 0 spiro atoms. The molecule has 168 valence electrons. The number of nitrogens with one attached hydrogen (secondary N) is 1. The molecule has 3 heterocycles. The number of nitrogens with zero attached hydrogens (tertiary/aromatic N) is 4. The van der Waals surface area contributed by atoms with Gasteiger partial charge in [-0.1, -0.05) is 17.7 Å². The summed E-state index contributed by atoms with van der Waals surface area (Å²) in [6, 6.07) is 6.77. The highest BCUT2D eigenvalue weighted by Crippen LogP contribution is 2.33. The van der Waals surface area contributed by atoms with Gasteiger partial charge in [-0.2, -0.15) is 4.31 Å². The first-order chi connectivity index (χ1) is 15.3. The lowest BCUT2D eigenvalue weighted by Gasteiger charge is -2.32. The number of amides is 2. The predicted octanol–water partition coefficient (Wildman–Crippen LogP) is 1.91. The first-order valence-electron chi connectivity index (χ1n) is 9.70. The van der Waals surface area contributed by atoms with Crippen LogP contribution < -0.4 is 5.32 Å². The highest BCUT2D eigenvalue weighted by molar-refractivity contribution is 7.91. The summed E-state index contributed by atoms with van der Waals surface area (Å²) >= 11 is 7.11. The van der Waals surface area contributed by atoms with Crippen LogP contribution in [0.25, 0.3) is 10.1 Å². The maximum absolute atomic E-state index is 13.0. The molecule has 4 rings (SSSR count). The summed E-state index contributed by atoms with van der Waals surface area (Å²) in [5, 5.41) is 3.92. The minimum atomic E-state index is -3.82. The van der Waals surface area contributed by atoms with Gasteiger partial charge < -0.3 is 14.8 Å². The number of sulfonamides is 1. The van der Waals surface area contributed by atoms with Gasteiger partial charge in [-0.15, -0.1) is 11.3 Å². The predicted molar refractivity (Wildman–Crippen MR) is 122 cm³/mol. The van der Waals surface area contributed by atoms with Crippen molar-refractivity contribution in [2.45, 2.75) is 10.8 Å². The third-order valence-corrected chi connectivity index (χ3v) is 8.54. The van der Waals surface area contributed by atoms with E-state index in [4.69, 9.17) is 11.6 Å². The van der Waals surface area contributed by atoms with Crippen molar-refractivity contribution in [3.05, 3.63) is 60.3 Å². The Morgan fingerprint density at radius 3 is 2.88 bits per heavy atom. The number of aromatic nitrogens is 2. The molecule has 1 aliphatic heterocycles. The average molecular weight is 494 g/mol. The fourth-order valence-electron chi connectivity index (χ4n) is 3.23. The van der Waals surface area contributed by atoms with Crippen molar-refractivity contribution in [2.24, 2.45) is 0 Å². The summed E-state index contributed by atoms with van der Waals surface area (Å²) in [5.41, 5.74) is 0. The van der Waals surface area contributed by atoms with Crippen molar-refractivity contribution in [1.29, 1.82) is 0 Å². The van der Waals surface area contributed by atoms with E-state index in [0.29, 0.717) is 11.6 Å². The molecule has 3 aromatic rings. The van der Waals surface area contributed by atoms with Crippen molar-refractivity contribution >= 4 is 54.9 Å². The number of benzene rings is 1. The molecule has 0 unspecified atom stereocenters. The lowest BCUT2D eigenvalue weighted by Crippen LogP contribution is -2.54. The number of piperazine rings is 1. The van der Waals surface area contributed by atoms with Gasteiger partial charge in [-0.25, -0.2) is 13.4 Å². The van der Waals surface area contributed by atoms with Crippen LogP contribution in [-0.4, -0.2) is 65.2 Å². The maximum atomic E-state index is 13.0. The third kappa shape index (κ3) is 5.01. The number of thiophene rings is 1. The number of carbonyl (C=O) groups is 2. The summed E-state index contributed by atoms with van der Waals surface area (Å²) in [5.74, 6) is -0.764. The van der Waals surface area contributed by atoms with Crippen LogP contribution in [0.15, 0.2) is 59.5 Å². The molecule has 12 heteroatoms. The molecule has 9 nitrogen and oxygen atoms in total. The molecule has 1 aromatic carbocycles. The topological polar surface area (TPSA) is 105 Å². The van der Waals surface area contributed by atoms with Crippen LogP contribution in [0.4, 0.5) is 0 Å². The van der Waals surface area contributed by atoms with Crippen molar-refractivity contribution in [3.8, 4) is 0 Å². The maximum Gasteiger partial charge on any atom is 0.253 e. The zero-order valence-electron chi connectivity index (χ0n) is 16.8. The highest BCUT2D eigenvalue weighted by atomic mass is 35.5. The van der Waals surface area contributed by atoms with Crippen LogP contribution in [0, 0.1) is 0 Å². The number of fused-ring (bicyclic) bond motifs is 1. The molecule has 0 atom stereocenters. The van der Waals surface area contributed by atoms with Crippen LogP contribution >= 0.6 is 22.9 Å². The monoisotopic (exact) mass is 493 g/mol. The number of hydrogen-bond donors (Lipinski definition) is 1. The van der Waals surface area contributed by atoms with Crippen molar-refractivity contribution in [3.63, 3.8) is 0 Å². The number of carbonyl (C=O) groups excluding carboxylic acids is 2. The van der Waals surface area contributed by atoms with Gasteiger partial charge in [0.2, 0.25) is 11.8 Å². The zero-order valence-corrected chi connectivity index (χ0v) is 19.2. The number of hydrogen-bond acceptors (Lipinski definition) is 6. The number of rotatable bonds is 7. The van der Waals surface area contributed by atoms with Gasteiger partial charge in [-0.05, 0) is 29.7 Å². The van der Waals surface area contributed by atoms with E-state index in [1.807, 2.05) is 4.57 Å². The largest absolute Gasteiger partial charge is 0.334 e. The van der Waals surface area contributed by atoms with E-state index >= 15 is 0 Å². The van der Waals surface area contributed by atoms with E-state index in [2.05, 4.69) is 10.3 Å². The van der Waals surface area contributed by atoms with Gasteiger partial charge >= 0.3 is 0 Å². The molecule has 0 bridgehead atoms. The smallest absolute Gasteiger partial charge is 0.253 e. The van der Waals surface area contributed by atoms with Gasteiger partial charge in [-0.3, -0.25) is 9.59 Å². The Kier molecular flexibility index (Phi) is 6.60. The van der Waals surface area contributed by atoms with Gasteiger partial charge in [0.1, 0.15) is 4.21 Å². The molecule has 1 aliphatic rings. The van der Waals surface area contributed by atoms with Crippen LogP contribution in [0.2, 0.25) is 5.02 Å². The lowest BCUT2D eigenvalue weighted by atomic mass is 10.3. The first-order valence-corrected chi connectivity index (χ1v) is 12.3. The summed E-state index contributed by atoms with van der Waals surface area (Å²) in [7, 11) is -3.82. The van der Waals surface area contributed by atoms with E-state index in [1.54, 1.807) is 49.1 Å². The molecule has 1 N–H and O–H groups in total. The molecule has 32 heavy (non-hydrogen) atoms. The molecule has 0 saturated carbocycles. The summed E-state index contributed by atoms with van der Waals surface area (Å²) in [4.78, 5) is 29.9. The Morgan fingerprint density at radius 2 is 2.12 bits per heavy atom. The summed E-state index contributed by atoms with van der Waals surface area (Å²) in [6.07, 6.45) is 8.39. The standard InChI is InChI=1S/C20H20ClN5O4S2/c21-16-3-2-15-10-20(31-17(15)11-16)32(29,30)26-9-8-25(19(28)13-26)12-18(27)23-4-1-6-24-7-5-22-14-24/h1-5,7,10-11,14H,6,8-9,12-13H2,(H,23,27). The number of halogens is 1. The number of imidazole rings is 1. The van der Waals surface area contributed by atoms with Crippen LogP contribution in [0.1, 0.15) is 0 Å². The van der Waals surface area contributed by atoms with E-state index < -0.39 is 15.9 Å². The zero-order chi connectivity index (χ0) is 22.7. The van der Waals surface area contributed by atoms with Crippen LogP contribution in [-0.2, 0) is 26.2 Å². The SMILES string of the molecule is O=C(CN1CCN(S(=O)(=O)c2cc3ccc(Cl)cc3s2)CC1=O)NC=CCn1ccnc1. The second kappa shape index (κ2) is 9.41. The van der Waals surface area contributed by atoms with E-state index in [9.17, 15) is 18.0 Å². The fourth-order valence-corrected chi connectivity index (χ4v) is 6.44. The fraction of sp³-hybridized carbons (Fsp3) is 0.250. The van der Waals surface area contributed by atoms with Crippen LogP contribution in [0.5, 0.6) is 0 Å². The highest BCUT2D eigenvalue weighted by Gasteiger charge is 2.34. The normalized spacial score (nSPS) is 15.7. The summed E-state index contributed by atoms with van der Waals surface area (Å²) < 4.78 is 30.0. The van der Waals surface area contributed by atoms with Crippen LogP contribution in [0.3, 0.4) is 0 Å². The average Bonchev–Trinajstić information content (AvgIpc) is 3.42.